The molecule has 0 bridgehead atoms. The lowest BCUT2D eigenvalue weighted by Crippen LogP contribution is -2.37. The molecule has 4 heteroatoms. The van der Waals surface area contributed by atoms with Crippen molar-refractivity contribution in [1.82, 2.24) is 14.9 Å². The van der Waals surface area contributed by atoms with Crippen molar-refractivity contribution in [2.75, 3.05) is 13.1 Å². The number of amides is 1. The maximum Gasteiger partial charge on any atom is 0.246 e. The van der Waals surface area contributed by atoms with Gasteiger partial charge in [0.25, 0.3) is 0 Å². The molecule has 1 amide bonds. The fraction of sp³-hybridized carbons (Fsp3) is 0.292. The molecule has 0 saturated carbocycles. The summed E-state index contributed by atoms with van der Waals surface area (Å²) in [5.41, 5.74) is 3.82. The first-order valence-corrected chi connectivity index (χ1v) is 10.0. The van der Waals surface area contributed by atoms with E-state index >= 15 is 0 Å². The van der Waals surface area contributed by atoms with E-state index in [1.807, 2.05) is 29.2 Å². The van der Waals surface area contributed by atoms with E-state index in [4.69, 9.17) is 0 Å². The molecule has 4 rings (SSSR count). The number of carbonyl (C=O) groups is 1. The van der Waals surface area contributed by atoms with Crippen LogP contribution in [0.25, 0.3) is 17.1 Å². The van der Waals surface area contributed by atoms with Crippen molar-refractivity contribution in [2.24, 2.45) is 5.92 Å². The highest BCUT2D eigenvalue weighted by atomic mass is 16.2. The van der Waals surface area contributed by atoms with Crippen molar-refractivity contribution in [3.05, 3.63) is 78.1 Å². The SMILES string of the molecule is O=C(/C=C/c1cnc2ccccc2n1)N1CCC(CCc2ccccc2)CC1. The van der Waals surface area contributed by atoms with Gasteiger partial charge in [-0.1, -0.05) is 42.5 Å². The second-order valence-corrected chi connectivity index (χ2v) is 7.41. The fourth-order valence-electron chi connectivity index (χ4n) is 3.77. The first-order valence-electron chi connectivity index (χ1n) is 10.0. The Kier molecular flexibility index (Phi) is 5.76. The van der Waals surface area contributed by atoms with Gasteiger partial charge in [-0.15, -0.1) is 0 Å². The largest absolute Gasteiger partial charge is 0.339 e. The average Bonchev–Trinajstić information content (AvgIpc) is 2.77. The highest BCUT2D eigenvalue weighted by molar-refractivity contribution is 5.91. The molecule has 4 nitrogen and oxygen atoms in total. The van der Waals surface area contributed by atoms with Gasteiger partial charge in [0.05, 0.1) is 22.9 Å². The van der Waals surface area contributed by atoms with Gasteiger partial charge in [0, 0.05) is 19.2 Å². The Morgan fingerprint density at radius 1 is 1.00 bits per heavy atom. The lowest BCUT2D eigenvalue weighted by molar-refractivity contribution is -0.127. The van der Waals surface area contributed by atoms with Crippen molar-refractivity contribution in [1.29, 1.82) is 0 Å². The number of carbonyl (C=O) groups excluding carboxylic acids is 1. The Balaban J connectivity index is 1.28. The van der Waals surface area contributed by atoms with Gasteiger partial charge in [0.2, 0.25) is 5.91 Å². The van der Waals surface area contributed by atoms with Crippen molar-refractivity contribution in [2.45, 2.75) is 25.7 Å². The second-order valence-electron chi connectivity index (χ2n) is 7.41. The minimum atomic E-state index is 0.0662. The molecular formula is C24H25N3O. The molecule has 1 aromatic heterocycles. The standard InChI is InChI=1S/C24H25N3O/c28-24(13-12-21-18-25-22-8-4-5-9-23(22)26-21)27-16-14-20(15-17-27)11-10-19-6-2-1-3-7-19/h1-9,12-13,18,20H,10-11,14-17H2/b13-12+. The molecule has 0 radical (unpaired) electrons. The van der Waals surface area contributed by atoms with E-state index in [9.17, 15) is 4.79 Å². The summed E-state index contributed by atoms with van der Waals surface area (Å²) in [6.07, 6.45) is 9.60. The molecule has 1 saturated heterocycles. The van der Waals surface area contributed by atoms with E-state index in [0.717, 1.165) is 43.4 Å². The molecule has 0 unspecified atom stereocenters. The van der Waals surface area contributed by atoms with E-state index in [1.54, 1.807) is 18.3 Å². The fourth-order valence-corrected chi connectivity index (χ4v) is 3.77. The second kappa shape index (κ2) is 8.79. The van der Waals surface area contributed by atoms with Crippen LogP contribution in [-0.2, 0) is 11.2 Å². The van der Waals surface area contributed by atoms with Crippen LogP contribution in [0.1, 0.15) is 30.5 Å². The molecular weight excluding hydrogens is 346 g/mol. The van der Waals surface area contributed by atoms with E-state index in [-0.39, 0.29) is 5.91 Å². The molecule has 1 fully saturated rings. The van der Waals surface area contributed by atoms with Crippen LogP contribution in [0.4, 0.5) is 0 Å². The number of rotatable bonds is 5. The summed E-state index contributed by atoms with van der Waals surface area (Å²) < 4.78 is 0. The minimum Gasteiger partial charge on any atom is -0.339 e. The Bertz CT molecular complexity index is 960. The van der Waals surface area contributed by atoms with Crippen molar-refractivity contribution >= 4 is 23.0 Å². The highest BCUT2D eigenvalue weighted by Crippen LogP contribution is 2.22. The zero-order valence-corrected chi connectivity index (χ0v) is 16.0. The normalized spacial score (nSPS) is 15.4. The topological polar surface area (TPSA) is 46.1 Å². The summed E-state index contributed by atoms with van der Waals surface area (Å²) in [6, 6.07) is 18.4. The van der Waals surface area contributed by atoms with Crippen molar-refractivity contribution in [3.63, 3.8) is 0 Å². The minimum absolute atomic E-state index is 0.0662. The van der Waals surface area contributed by atoms with Gasteiger partial charge in [0.15, 0.2) is 0 Å². The van der Waals surface area contributed by atoms with Crippen LogP contribution in [-0.4, -0.2) is 33.9 Å². The number of piperidine rings is 1. The Labute approximate surface area is 165 Å². The summed E-state index contributed by atoms with van der Waals surface area (Å²) in [5, 5.41) is 0. The molecule has 1 aliphatic rings. The Morgan fingerprint density at radius 2 is 1.71 bits per heavy atom. The zero-order chi connectivity index (χ0) is 19.2. The molecule has 0 N–H and O–H groups in total. The summed E-state index contributed by atoms with van der Waals surface area (Å²) >= 11 is 0. The average molecular weight is 371 g/mol. The van der Waals surface area contributed by atoms with Gasteiger partial charge >= 0.3 is 0 Å². The van der Waals surface area contributed by atoms with Gasteiger partial charge in [-0.05, 0) is 55.4 Å². The van der Waals surface area contributed by atoms with Crippen LogP contribution in [0.3, 0.4) is 0 Å². The molecule has 2 heterocycles. The van der Waals surface area contributed by atoms with Gasteiger partial charge in [0.1, 0.15) is 0 Å². The molecule has 3 aromatic rings. The summed E-state index contributed by atoms with van der Waals surface area (Å²) in [5.74, 6) is 0.774. The first kappa shape index (κ1) is 18.4. The van der Waals surface area contributed by atoms with E-state index in [2.05, 4.69) is 40.3 Å². The Morgan fingerprint density at radius 3 is 2.50 bits per heavy atom. The monoisotopic (exact) mass is 371 g/mol. The number of nitrogens with zero attached hydrogens (tertiary/aromatic N) is 3. The van der Waals surface area contributed by atoms with Gasteiger partial charge in [-0.3, -0.25) is 9.78 Å². The van der Waals surface area contributed by atoms with Crippen LogP contribution in [0.15, 0.2) is 66.9 Å². The molecule has 2 aromatic carbocycles. The lowest BCUT2D eigenvalue weighted by atomic mass is 9.90. The highest BCUT2D eigenvalue weighted by Gasteiger charge is 2.21. The number of fused-ring (bicyclic) bond motifs is 1. The first-order chi connectivity index (χ1) is 13.8. The number of hydrogen-bond donors (Lipinski definition) is 0. The molecule has 0 spiro atoms. The van der Waals surface area contributed by atoms with E-state index < -0.39 is 0 Å². The van der Waals surface area contributed by atoms with Gasteiger partial charge in [-0.2, -0.15) is 0 Å². The van der Waals surface area contributed by atoms with Gasteiger partial charge in [-0.25, -0.2) is 4.98 Å². The summed E-state index contributed by atoms with van der Waals surface area (Å²) in [6.45, 7) is 1.68. The molecule has 28 heavy (non-hydrogen) atoms. The number of benzene rings is 2. The van der Waals surface area contributed by atoms with Crippen molar-refractivity contribution < 1.29 is 4.79 Å². The van der Waals surface area contributed by atoms with Crippen LogP contribution in [0, 0.1) is 5.92 Å². The zero-order valence-electron chi connectivity index (χ0n) is 16.0. The predicted molar refractivity (Wildman–Crippen MR) is 113 cm³/mol. The molecule has 142 valence electrons. The van der Waals surface area contributed by atoms with Crippen LogP contribution >= 0.6 is 0 Å². The van der Waals surface area contributed by atoms with E-state index in [0.29, 0.717) is 11.6 Å². The van der Waals surface area contributed by atoms with Crippen LogP contribution < -0.4 is 0 Å². The number of para-hydroxylation sites is 2. The third-order valence-corrected chi connectivity index (χ3v) is 5.47. The quantitative estimate of drug-likeness (QED) is 0.620. The maximum absolute atomic E-state index is 12.5. The number of likely N-dealkylation sites (tertiary alicyclic amines) is 1. The number of hydrogen-bond acceptors (Lipinski definition) is 3. The third kappa shape index (κ3) is 4.63. The molecule has 0 atom stereocenters. The van der Waals surface area contributed by atoms with E-state index in [1.165, 1.54) is 12.0 Å². The molecule has 0 aliphatic carbocycles. The maximum atomic E-state index is 12.5. The number of aryl methyl sites for hydroxylation is 1. The summed E-state index contributed by atoms with van der Waals surface area (Å²) in [7, 11) is 0. The smallest absolute Gasteiger partial charge is 0.246 e. The van der Waals surface area contributed by atoms with Crippen molar-refractivity contribution in [3.8, 4) is 0 Å². The Hall–Kier alpha value is -3.01. The summed E-state index contributed by atoms with van der Waals surface area (Å²) in [4.78, 5) is 23.4. The third-order valence-electron chi connectivity index (χ3n) is 5.47. The van der Waals surface area contributed by atoms with Crippen LogP contribution in [0.5, 0.6) is 0 Å². The predicted octanol–water partition coefficient (Wildman–Crippen LogP) is 4.51. The molecule has 1 aliphatic heterocycles. The number of aromatic nitrogens is 2. The van der Waals surface area contributed by atoms with Gasteiger partial charge < -0.3 is 4.90 Å². The van der Waals surface area contributed by atoms with Crippen LogP contribution in [0.2, 0.25) is 0 Å². The lowest BCUT2D eigenvalue weighted by Gasteiger charge is -2.31.